The van der Waals surface area contributed by atoms with Crippen LogP contribution in [0, 0.1) is 5.92 Å². The van der Waals surface area contributed by atoms with Crippen molar-refractivity contribution < 1.29 is 14.2 Å². The molecule has 0 saturated carbocycles. The van der Waals surface area contributed by atoms with Crippen molar-refractivity contribution in [3.05, 3.63) is 0 Å². The summed E-state index contributed by atoms with van der Waals surface area (Å²) in [7, 11) is 0. The lowest BCUT2D eigenvalue weighted by Gasteiger charge is -2.35. The first kappa shape index (κ1) is 25.9. The number of hydrogen-bond donors (Lipinski definition) is 1. The molecule has 1 atom stereocenters. The molecule has 1 unspecified atom stereocenters. The molecule has 28 heavy (non-hydrogen) atoms. The number of aliphatic imine (C=N–C) groups is 1. The Hall–Kier alpha value is -0.120. The van der Waals surface area contributed by atoms with E-state index in [2.05, 4.69) is 31.0 Å². The van der Waals surface area contributed by atoms with Crippen molar-refractivity contribution in [2.24, 2.45) is 10.9 Å². The predicted octanol–water partition coefficient (Wildman–Crippen LogP) is 3.68. The zero-order valence-electron chi connectivity index (χ0n) is 18.2. The summed E-state index contributed by atoms with van der Waals surface area (Å²) in [5.41, 5.74) is 0. The van der Waals surface area contributed by atoms with Gasteiger partial charge in [0.1, 0.15) is 0 Å². The molecule has 7 heteroatoms. The highest BCUT2D eigenvalue weighted by molar-refractivity contribution is 14.0. The average Bonchev–Trinajstić information content (AvgIpc) is 2.69. The van der Waals surface area contributed by atoms with E-state index in [-0.39, 0.29) is 24.0 Å². The Morgan fingerprint density at radius 3 is 2.64 bits per heavy atom. The first-order valence-corrected chi connectivity index (χ1v) is 11.0. The molecule has 2 heterocycles. The lowest BCUT2D eigenvalue weighted by molar-refractivity contribution is -0.0721. The molecule has 1 N–H and O–H groups in total. The van der Waals surface area contributed by atoms with E-state index in [0.717, 1.165) is 84.2 Å². The van der Waals surface area contributed by atoms with Crippen LogP contribution < -0.4 is 5.32 Å². The van der Waals surface area contributed by atoms with Crippen LogP contribution in [0.3, 0.4) is 0 Å². The van der Waals surface area contributed by atoms with E-state index in [1.54, 1.807) is 0 Å². The number of piperidine rings is 1. The van der Waals surface area contributed by atoms with Crippen LogP contribution >= 0.6 is 24.0 Å². The van der Waals surface area contributed by atoms with Crippen LogP contribution in [0.4, 0.5) is 0 Å². The maximum atomic E-state index is 6.13. The molecule has 0 aromatic heterocycles. The standard InChI is InChI=1S/C21H41N3O3.HI/c1-4-22-21(23-11-7-14-25-16-18(2)3)24-12-9-19(10-13-24)27-17-20-8-5-6-15-26-20;/h18-20H,4-17H2,1-3H3,(H,22,23);1H. The molecule has 6 nitrogen and oxygen atoms in total. The second-order valence-corrected chi connectivity index (χ2v) is 8.07. The normalized spacial score (nSPS) is 21.6. The Morgan fingerprint density at radius 1 is 1.21 bits per heavy atom. The van der Waals surface area contributed by atoms with Crippen LogP contribution in [0.2, 0.25) is 0 Å². The quantitative estimate of drug-likeness (QED) is 0.210. The fraction of sp³-hybridized carbons (Fsp3) is 0.952. The summed E-state index contributed by atoms with van der Waals surface area (Å²) < 4.78 is 17.5. The number of nitrogens with zero attached hydrogens (tertiary/aromatic N) is 2. The molecule has 166 valence electrons. The molecular weight excluding hydrogens is 469 g/mol. The summed E-state index contributed by atoms with van der Waals surface area (Å²) in [5, 5.41) is 3.43. The van der Waals surface area contributed by atoms with Gasteiger partial charge in [-0.15, -0.1) is 24.0 Å². The van der Waals surface area contributed by atoms with Gasteiger partial charge >= 0.3 is 0 Å². The molecule has 0 aromatic rings. The van der Waals surface area contributed by atoms with E-state index in [1.165, 1.54) is 12.8 Å². The molecule has 2 saturated heterocycles. The predicted molar refractivity (Wildman–Crippen MR) is 126 cm³/mol. The van der Waals surface area contributed by atoms with Crippen LogP contribution in [-0.4, -0.2) is 75.7 Å². The summed E-state index contributed by atoms with van der Waals surface area (Å²) in [6.45, 7) is 13.5. The van der Waals surface area contributed by atoms with Crippen LogP contribution in [0.25, 0.3) is 0 Å². The van der Waals surface area contributed by atoms with Crippen molar-refractivity contribution in [1.29, 1.82) is 0 Å². The number of nitrogens with one attached hydrogen (secondary N) is 1. The van der Waals surface area contributed by atoms with E-state index in [9.17, 15) is 0 Å². The van der Waals surface area contributed by atoms with Gasteiger partial charge in [0.2, 0.25) is 0 Å². The number of likely N-dealkylation sites (tertiary alicyclic amines) is 1. The van der Waals surface area contributed by atoms with Crippen molar-refractivity contribution in [2.45, 2.75) is 71.5 Å². The minimum absolute atomic E-state index is 0. The SMILES string of the molecule is CCNC(=NCCCOCC(C)C)N1CCC(OCC2CCCCO2)CC1.I. The Bertz CT molecular complexity index is 410. The Kier molecular flexibility index (Phi) is 14.5. The van der Waals surface area contributed by atoms with Crippen LogP contribution in [0.5, 0.6) is 0 Å². The first-order chi connectivity index (χ1) is 13.2. The van der Waals surface area contributed by atoms with E-state index in [1.807, 2.05) is 0 Å². The van der Waals surface area contributed by atoms with Gasteiger partial charge in [0.05, 0.1) is 18.8 Å². The zero-order valence-corrected chi connectivity index (χ0v) is 20.5. The Balaban J connectivity index is 0.00000392. The molecular formula is C21H42IN3O3. The maximum absolute atomic E-state index is 6.13. The maximum Gasteiger partial charge on any atom is 0.193 e. The summed E-state index contributed by atoms with van der Waals surface area (Å²) >= 11 is 0. The number of guanidine groups is 1. The topological polar surface area (TPSA) is 55.3 Å². The van der Waals surface area contributed by atoms with Gasteiger partial charge in [0, 0.05) is 46.0 Å². The second kappa shape index (κ2) is 15.7. The summed E-state index contributed by atoms with van der Waals surface area (Å²) in [5.74, 6) is 1.63. The lowest BCUT2D eigenvalue weighted by atomic mass is 10.1. The van der Waals surface area contributed by atoms with Crippen LogP contribution in [0.1, 0.15) is 59.3 Å². The minimum Gasteiger partial charge on any atom is -0.381 e. The molecule has 0 aromatic carbocycles. The molecule has 2 fully saturated rings. The minimum atomic E-state index is 0. The molecule has 0 spiro atoms. The largest absolute Gasteiger partial charge is 0.381 e. The summed E-state index contributed by atoms with van der Waals surface area (Å²) in [6.07, 6.45) is 7.40. The fourth-order valence-corrected chi connectivity index (χ4v) is 3.51. The van der Waals surface area contributed by atoms with E-state index < -0.39 is 0 Å². The highest BCUT2D eigenvalue weighted by Gasteiger charge is 2.23. The van der Waals surface area contributed by atoms with Crippen molar-refractivity contribution in [3.63, 3.8) is 0 Å². The third-order valence-corrected chi connectivity index (χ3v) is 5.03. The second-order valence-electron chi connectivity index (χ2n) is 8.07. The molecule has 2 aliphatic rings. The number of hydrogen-bond acceptors (Lipinski definition) is 4. The highest BCUT2D eigenvalue weighted by Crippen LogP contribution is 2.18. The molecule has 2 aliphatic heterocycles. The van der Waals surface area contributed by atoms with Gasteiger partial charge in [-0.1, -0.05) is 13.8 Å². The lowest BCUT2D eigenvalue weighted by Crippen LogP contribution is -2.47. The van der Waals surface area contributed by atoms with Gasteiger partial charge in [0.25, 0.3) is 0 Å². The summed E-state index contributed by atoms with van der Waals surface area (Å²) in [6, 6.07) is 0. The van der Waals surface area contributed by atoms with Gasteiger partial charge in [0.15, 0.2) is 5.96 Å². The van der Waals surface area contributed by atoms with Gasteiger partial charge in [-0.25, -0.2) is 0 Å². The fourth-order valence-electron chi connectivity index (χ4n) is 3.51. The van der Waals surface area contributed by atoms with E-state index >= 15 is 0 Å². The van der Waals surface area contributed by atoms with E-state index in [4.69, 9.17) is 19.2 Å². The molecule has 0 aliphatic carbocycles. The third kappa shape index (κ3) is 10.6. The number of ether oxygens (including phenoxy) is 3. The summed E-state index contributed by atoms with van der Waals surface area (Å²) in [4.78, 5) is 7.16. The van der Waals surface area contributed by atoms with Crippen molar-refractivity contribution in [2.75, 3.05) is 52.6 Å². The van der Waals surface area contributed by atoms with Gasteiger partial charge in [-0.2, -0.15) is 0 Å². The van der Waals surface area contributed by atoms with Crippen molar-refractivity contribution in [1.82, 2.24) is 10.2 Å². The van der Waals surface area contributed by atoms with Gasteiger partial charge in [-0.05, 0) is 51.4 Å². The third-order valence-electron chi connectivity index (χ3n) is 5.03. The molecule has 0 radical (unpaired) electrons. The molecule has 0 amide bonds. The van der Waals surface area contributed by atoms with Crippen LogP contribution in [0.15, 0.2) is 4.99 Å². The molecule has 2 rings (SSSR count). The van der Waals surface area contributed by atoms with Gasteiger partial charge < -0.3 is 24.4 Å². The smallest absolute Gasteiger partial charge is 0.193 e. The highest BCUT2D eigenvalue weighted by atomic mass is 127. The van der Waals surface area contributed by atoms with E-state index in [0.29, 0.717) is 18.1 Å². The Morgan fingerprint density at radius 2 is 2.00 bits per heavy atom. The van der Waals surface area contributed by atoms with Gasteiger partial charge in [-0.3, -0.25) is 4.99 Å². The zero-order chi connectivity index (χ0) is 19.3. The first-order valence-electron chi connectivity index (χ1n) is 11.0. The number of rotatable bonds is 10. The van der Waals surface area contributed by atoms with Crippen molar-refractivity contribution >= 4 is 29.9 Å². The monoisotopic (exact) mass is 511 g/mol. The Labute approximate surface area is 189 Å². The van der Waals surface area contributed by atoms with Crippen molar-refractivity contribution in [3.8, 4) is 0 Å². The molecule has 0 bridgehead atoms. The van der Waals surface area contributed by atoms with Crippen LogP contribution in [-0.2, 0) is 14.2 Å². The average molecular weight is 511 g/mol. The number of halogens is 1.